The van der Waals surface area contributed by atoms with E-state index in [0.29, 0.717) is 19.0 Å². The van der Waals surface area contributed by atoms with E-state index >= 15 is 0 Å². The molecule has 0 saturated heterocycles. The summed E-state index contributed by atoms with van der Waals surface area (Å²) in [6.45, 7) is 2.87. The number of nitrogens with one attached hydrogen (secondary N) is 1. The number of thiophene rings is 1. The second-order valence-electron chi connectivity index (χ2n) is 5.10. The Hall–Kier alpha value is -1.56. The smallest absolute Gasteiger partial charge is 0.323 e. The summed E-state index contributed by atoms with van der Waals surface area (Å²) in [4.78, 5) is 25.5. The van der Waals surface area contributed by atoms with Gasteiger partial charge in [-0.1, -0.05) is 6.92 Å². The van der Waals surface area contributed by atoms with E-state index in [1.165, 1.54) is 10.5 Å². The third-order valence-corrected chi connectivity index (χ3v) is 4.37. The highest BCUT2D eigenvalue weighted by Gasteiger charge is 2.27. The Balaban J connectivity index is 1.88. The summed E-state index contributed by atoms with van der Waals surface area (Å²) in [6.07, 6.45) is 3.12. The van der Waals surface area contributed by atoms with Gasteiger partial charge in [-0.05, 0) is 42.2 Å². The lowest BCUT2D eigenvalue weighted by molar-refractivity contribution is -0.137. The summed E-state index contributed by atoms with van der Waals surface area (Å²) in [7, 11) is 0. The van der Waals surface area contributed by atoms with Crippen LogP contribution in [0.2, 0.25) is 0 Å². The number of nitrogens with zero attached hydrogens (tertiary/aromatic N) is 1. The van der Waals surface area contributed by atoms with Crippen LogP contribution in [0.25, 0.3) is 0 Å². The summed E-state index contributed by atoms with van der Waals surface area (Å²) in [5.74, 6) is -0.487. The van der Waals surface area contributed by atoms with Crippen molar-refractivity contribution in [2.24, 2.45) is 5.92 Å². The van der Waals surface area contributed by atoms with Gasteiger partial charge in [0.25, 0.3) is 0 Å². The topological polar surface area (TPSA) is 69.6 Å². The zero-order valence-corrected chi connectivity index (χ0v) is 12.4. The molecule has 0 bridgehead atoms. The number of hydrogen-bond acceptors (Lipinski definition) is 3. The van der Waals surface area contributed by atoms with E-state index in [4.69, 9.17) is 5.11 Å². The zero-order chi connectivity index (χ0) is 14.5. The Kier molecular flexibility index (Phi) is 5.00. The molecule has 1 aliphatic carbocycles. The highest BCUT2D eigenvalue weighted by Crippen LogP contribution is 2.29. The fourth-order valence-corrected chi connectivity index (χ4v) is 3.02. The quantitative estimate of drug-likeness (QED) is 0.811. The second kappa shape index (κ2) is 6.74. The van der Waals surface area contributed by atoms with Gasteiger partial charge in [-0.25, -0.2) is 4.79 Å². The Labute approximate surface area is 122 Å². The van der Waals surface area contributed by atoms with Gasteiger partial charge in [0, 0.05) is 11.4 Å². The van der Waals surface area contributed by atoms with Crippen molar-refractivity contribution in [2.45, 2.75) is 32.7 Å². The van der Waals surface area contributed by atoms with Crippen LogP contribution in [-0.4, -0.2) is 35.1 Å². The standard InChI is InChI=1S/C14H20N2O3S/c1-2-11-5-6-20-12(11)7-15-14(19)16(9-13(17)18)8-10-3-4-10/h5-6,10H,2-4,7-9H2,1H3,(H,15,19)(H,17,18). The molecule has 2 amide bonds. The van der Waals surface area contributed by atoms with Gasteiger partial charge in [-0.15, -0.1) is 11.3 Å². The van der Waals surface area contributed by atoms with Crippen molar-refractivity contribution in [1.29, 1.82) is 0 Å². The molecule has 0 atom stereocenters. The maximum Gasteiger partial charge on any atom is 0.323 e. The van der Waals surface area contributed by atoms with Crippen molar-refractivity contribution in [3.05, 3.63) is 21.9 Å². The molecule has 1 aromatic heterocycles. The predicted octanol–water partition coefficient (Wildman–Crippen LogP) is 2.32. The molecule has 1 saturated carbocycles. The number of carbonyl (C=O) groups excluding carboxylic acids is 1. The maximum atomic E-state index is 12.1. The fraction of sp³-hybridized carbons (Fsp3) is 0.571. The largest absolute Gasteiger partial charge is 0.480 e. The van der Waals surface area contributed by atoms with Crippen LogP contribution in [0.4, 0.5) is 4.79 Å². The third-order valence-electron chi connectivity index (χ3n) is 3.41. The summed E-state index contributed by atoms with van der Waals surface area (Å²) < 4.78 is 0. The number of carboxylic acid groups (broad SMARTS) is 1. The first-order valence-corrected chi connectivity index (χ1v) is 7.78. The van der Waals surface area contributed by atoms with Crippen molar-refractivity contribution in [2.75, 3.05) is 13.1 Å². The van der Waals surface area contributed by atoms with Gasteiger partial charge < -0.3 is 15.3 Å². The number of aliphatic carboxylic acids is 1. The SMILES string of the molecule is CCc1ccsc1CNC(=O)N(CC(=O)O)CC1CC1. The number of carboxylic acids is 1. The molecule has 1 aromatic rings. The zero-order valence-electron chi connectivity index (χ0n) is 11.6. The number of carbonyl (C=O) groups is 2. The molecule has 1 aliphatic rings. The van der Waals surface area contributed by atoms with E-state index in [1.807, 2.05) is 5.38 Å². The van der Waals surface area contributed by atoms with Gasteiger partial charge in [0.05, 0.1) is 6.54 Å². The van der Waals surface area contributed by atoms with Gasteiger partial charge in [0.15, 0.2) is 0 Å². The molecule has 2 rings (SSSR count). The second-order valence-corrected chi connectivity index (χ2v) is 6.10. The molecule has 20 heavy (non-hydrogen) atoms. The molecule has 1 fully saturated rings. The van der Waals surface area contributed by atoms with Crippen LogP contribution in [0.15, 0.2) is 11.4 Å². The van der Waals surface area contributed by atoms with E-state index in [1.54, 1.807) is 11.3 Å². The number of aryl methyl sites for hydroxylation is 1. The van der Waals surface area contributed by atoms with E-state index in [0.717, 1.165) is 24.1 Å². The van der Waals surface area contributed by atoms with E-state index < -0.39 is 5.97 Å². The van der Waals surface area contributed by atoms with Gasteiger partial charge >= 0.3 is 12.0 Å². The minimum absolute atomic E-state index is 0.229. The molecular weight excluding hydrogens is 276 g/mol. The van der Waals surface area contributed by atoms with Crippen LogP contribution < -0.4 is 5.32 Å². The van der Waals surface area contributed by atoms with Crippen LogP contribution >= 0.6 is 11.3 Å². The summed E-state index contributed by atoms with van der Waals surface area (Å²) in [5, 5.41) is 13.7. The third kappa shape index (κ3) is 4.23. The Bertz CT molecular complexity index is 483. The summed E-state index contributed by atoms with van der Waals surface area (Å²) >= 11 is 1.62. The molecule has 0 unspecified atom stereocenters. The monoisotopic (exact) mass is 296 g/mol. The first-order valence-electron chi connectivity index (χ1n) is 6.90. The van der Waals surface area contributed by atoms with Crippen LogP contribution in [0.3, 0.4) is 0 Å². The first-order chi connectivity index (χ1) is 9.60. The van der Waals surface area contributed by atoms with Crippen molar-refractivity contribution in [3.63, 3.8) is 0 Å². The molecule has 5 nitrogen and oxygen atoms in total. The Morgan fingerprint density at radius 2 is 2.25 bits per heavy atom. The van der Waals surface area contributed by atoms with Gasteiger partial charge in [-0.3, -0.25) is 4.79 Å². The van der Waals surface area contributed by atoms with Crippen molar-refractivity contribution < 1.29 is 14.7 Å². The molecule has 0 aliphatic heterocycles. The molecular formula is C14H20N2O3S. The Morgan fingerprint density at radius 3 is 2.85 bits per heavy atom. The molecule has 0 spiro atoms. The van der Waals surface area contributed by atoms with Gasteiger partial charge in [0.2, 0.25) is 0 Å². The fourth-order valence-electron chi connectivity index (χ4n) is 2.10. The van der Waals surface area contributed by atoms with Crippen LogP contribution in [0.1, 0.15) is 30.2 Å². The lowest BCUT2D eigenvalue weighted by Gasteiger charge is -2.21. The molecule has 1 heterocycles. The summed E-state index contributed by atoms with van der Waals surface area (Å²) in [6, 6.07) is 1.78. The minimum atomic E-state index is -0.967. The van der Waals surface area contributed by atoms with Crippen molar-refractivity contribution in [1.82, 2.24) is 10.2 Å². The van der Waals surface area contributed by atoms with Gasteiger partial charge in [0.1, 0.15) is 6.54 Å². The lowest BCUT2D eigenvalue weighted by Crippen LogP contribution is -2.43. The normalized spacial score (nSPS) is 14.1. The van der Waals surface area contributed by atoms with E-state index in [-0.39, 0.29) is 12.6 Å². The minimum Gasteiger partial charge on any atom is -0.480 e. The highest BCUT2D eigenvalue weighted by molar-refractivity contribution is 7.10. The van der Waals surface area contributed by atoms with Crippen LogP contribution in [-0.2, 0) is 17.8 Å². The predicted molar refractivity (Wildman–Crippen MR) is 77.9 cm³/mol. The number of hydrogen-bond donors (Lipinski definition) is 2. The van der Waals surface area contributed by atoms with Crippen molar-refractivity contribution in [3.8, 4) is 0 Å². The van der Waals surface area contributed by atoms with E-state index in [2.05, 4.69) is 18.3 Å². The average Bonchev–Trinajstić information content (AvgIpc) is 3.10. The molecule has 0 aromatic carbocycles. The van der Waals surface area contributed by atoms with Crippen LogP contribution in [0.5, 0.6) is 0 Å². The summed E-state index contributed by atoms with van der Waals surface area (Å²) in [5.41, 5.74) is 1.24. The lowest BCUT2D eigenvalue weighted by atomic mass is 10.2. The Morgan fingerprint density at radius 1 is 1.50 bits per heavy atom. The highest BCUT2D eigenvalue weighted by atomic mass is 32.1. The molecule has 6 heteroatoms. The van der Waals surface area contributed by atoms with E-state index in [9.17, 15) is 9.59 Å². The maximum absolute atomic E-state index is 12.1. The molecule has 0 radical (unpaired) electrons. The molecule has 2 N–H and O–H groups in total. The van der Waals surface area contributed by atoms with Crippen LogP contribution in [0, 0.1) is 5.92 Å². The first kappa shape index (κ1) is 14.8. The number of rotatable bonds is 7. The average molecular weight is 296 g/mol. The van der Waals surface area contributed by atoms with Gasteiger partial charge in [-0.2, -0.15) is 0 Å². The number of amides is 2. The molecule has 110 valence electrons. The van der Waals surface area contributed by atoms with Crippen molar-refractivity contribution >= 4 is 23.3 Å². The number of urea groups is 1.